The molecule has 0 N–H and O–H groups in total. The van der Waals surface area contributed by atoms with E-state index in [1.165, 1.54) is 4.31 Å². The summed E-state index contributed by atoms with van der Waals surface area (Å²) in [6, 6.07) is 14.9. The van der Waals surface area contributed by atoms with Crippen molar-refractivity contribution in [2.75, 3.05) is 45.9 Å². The lowest BCUT2D eigenvalue weighted by Gasteiger charge is -2.36. The molecule has 0 aromatic heterocycles. The second-order valence-corrected chi connectivity index (χ2v) is 13.0. The van der Waals surface area contributed by atoms with Gasteiger partial charge in [0.05, 0.1) is 35.7 Å². The molecule has 36 heavy (non-hydrogen) atoms. The largest absolute Gasteiger partial charge is 0.379 e. The highest BCUT2D eigenvalue weighted by molar-refractivity contribution is 7.90. The summed E-state index contributed by atoms with van der Waals surface area (Å²) >= 11 is 0. The molecule has 2 aliphatic heterocycles. The molecule has 0 amide bonds. The topological polar surface area (TPSA) is 99.6 Å². The third kappa shape index (κ3) is 5.81. The highest BCUT2D eigenvalue weighted by Gasteiger charge is 2.43. The van der Waals surface area contributed by atoms with E-state index in [4.69, 9.17) is 4.74 Å². The van der Waals surface area contributed by atoms with E-state index in [0.717, 1.165) is 5.56 Å². The molecule has 2 aliphatic rings. The van der Waals surface area contributed by atoms with E-state index in [2.05, 4.69) is 9.30 Å². The number of amidine groups is 1. The van der Waals surface area contributed by atoms with Crippen LogP contribution >= 0.6 is 0 Å². The number of sulfonamides is 2. The minimum atomic E-state index is -4.00. The van der Waals surface area contributed by atoms with Crippen LogP contribution in [0.5, 0.6) is 0 Å². The number of nitrogens with zero attached hydrogens (tertiary/aromatic N) is 4. The molecule has 2 aromatic carbocycles. The molecule has 4 rings (SSSR count). The fourth-order valence-corrected chi connectivity index (χ4v) is 7.38. The van der Waals surface area contributed by atoms with Crippen molar-refractivity contribution in [1.82, 2.24) is 14.1 Å². The van der Waals surface area contributed by atoms with Crippen molar-refractivity contribution in [3.8, 4) is 0 Å². The zero-order valence-corrected chi connectivity index (χ0v) is 22.6. The standard InChI is InChI=1S/C25H34N4O5S2/c1-20(2)25-28(13-14-29(25)36(32,33)23-7-5-4-6-8-23)24(19-27-15-17-34-18-16-27)26-35(30,31)22-11-9-21(3)10-12-22/h4-12,20,25H,13-19H2,1-3H3. The van der Waals surface area contributed by atoms with Crippen molar-refractivity contribution in [2.24, 2.45) is 10.3 Å². The molecule has 0 bridgehead atoms. The van der Waals surface area contributed by atoms with E-state index in [9.17, 15) is 16.8 Å². The number of aryl methyl sites for hydroxylation is 1. The van der Waals surface area contributed by atoms with E-state index in [0.29, 0.717) is 38.7 Å². The van der Waals surface area contributed by atoms with Gasteiger partial charge in [0.15, 0.2) is 0 Å². The second kappa shape index (κ2) is 11.0. The van der Waals surface area contributed by atoms with Crippen LogP contribution in [0.1, 0.15) is 19.4 Å². The smallest absolute Gasteiger partial charge is 0.283 e. The number of morpholine rings is 1. The fourth-order valence-electron chi connectivity index (χ4n) is 4.62. The molecule has 2 saturated heterocycles. The van der Waals surface area contributed by atoms with Crippen molar-refractivity contribution < 1.29 is 21.6 Å². The molecule has 9 nitrogen and oxygen atoms in total. The Hall–Kier alpha value is -2.31. The number of hydrogen-bond acceptors (Lipinski definition) is 6. The van der Waals surface area contributed by atoms with Crippen molar-refractivity contribution >= 4 is 25.9 Å². The Morgan fingerprint density at radius 2 is 1.56 bits per heavy atom. The summed E-state index contributed by atoms with van der Waals surface area (Å²) in [5.74, 6) is 0.241. The van der Waals surface area contributed by atoms with Gasteiger partial charge in [-0.05, 0) is 37.1 Å². The molecule has 1 unspecified atom stereocenters. The quantitative estimate of drug-likeness (QED) is 0.397. The lowest BCUT2D eigenvalue weighted by molar-refractivity contribution is 0.0436. The van der Waals surface area contributed by atoms with Gasteiger partial charge in [-0.15, -0.1) is 4.40 Å². The highest BCUT2D eigenvalue weighted by atomic mass is 32.2. The van der Waals surface area contributed by atoms with Crippen LogP contribution in [0.25, 0.3) is 0 Å². The Labute approximate surface area is 214 Å². The number of hydrogen-bond donors (Lipinski definition) is 0. The Bertz CT molecular complexity index is 1270. The molecular formula is C25H34N4O5S2. The number of benzene rings is 2. The predicted molar refractivity (Wildman–Crippen MR) is 139 cm³/mol. The van der Waals surface area contributed by atoms with Crippen molar-refractivity contribution in [3.05, 3.63) is 60.2 Å². The molecule has 2 heterocycles. The first-order valence-corrected chi connectivity index (χ1v) is 15.0. The molecule has 11 heteroatoms. The molecule has 2 fully saturated rings. The van der Waals surface area contributed by atoms with Gasteiger partial charge in [-0.1, -0.05) is 49.7 Å². The molecule has 0 spiro atoms. The van der Waals surface area contributed by atoms with Crippen LogP contribution in [0, 0.1) is 12.8 Å². The first-order valence-electron chi connectivity index (χ1n) is 12.1. The summed E-state index contributed by atoms with van der Waals surface area (Å²) in [5, 5.41) is 0. The lowest BCUT2D eigenvalue weighted by atomic mass is 10.1. The minimum absolute atomic E-state index is 0.108. The summed E-state index contributed by atoms with van der Waals surface area (Å²) < 4.78 is 65.0. The summed E-state index contributed by atoms with van der Waals surface area (Å²) in [7, 11) is -7.78. The Balaban J connectivity index is 1.73. The number of rotatable bonds is 7. The van der Waals surface area contributed by atoms with Crippen LogP contribution in [0.15, 0.2) is 68.8 Å². The van der Waals surface area contributed by atoms with E-state index < -0.39 is 26.2 Å². The first-order chi connectivity index (χ1) is 17.1. The average molecular weight is 535 g/mol. The maximum absolute atomic E-state index is 13.6. The van der Waals surface area contributed by atoms with Gasteiger partial charge in [-0.3, -0.25) is 4.90 Å². The molecule has 0 radical (unpaired) electrons. The Kier molecular flexibility index (Phi) is 8.15. The third-order valence-corrected chi connectivity index (χ3v) is 9.67. The molecule has 196 valence electrons. The van der Waals surface area contributed by atoms with E-state index in [1.807, 2.05) is 25.7 Å². The van der Waals surface area contributed by atoms with Crippen LogP contribution in [-0.2, 0) is 24.8 Å². The summed E-state index contributed by atoms with van der Waals surface area (Å²) in [6.07, 6.45) is -0.566. The Morgan fingerprint density at radius 1 is 0.917 bits per heavy atom. The van der Waals surface area contributed by atoms with Gasteiger partial charge >= 0.3 is 0 Å². The second-order valence-electron chi connectivity index (χ2n) is 9.46. The molecule has 0 aliphatic carbocycles. The molecular weight excluding hydrogens is 500 g/mol. The summed E-state index contributed by atoms with van der Waals surface area (Å²) in [6.45, 7) is 9.06. The van der Waals surface area contributed by atoms with Crippen LogP contribution in [-0.4, -0.2) is 88.9 Å². The fraction of sp³-hybridized carbons (Fsp3) is 0.480. The van der Waals surface area contributed by atoms with Crippen LogP contribution in [0.4, 0.5) is 0 Å². The molecule has 0 saturated carbocycles. The van der Waals surface area contributed by atoms with Crippen molar-refractivity contribution in [2.45, 2.75) is 36.7 Å². The lowest BCUT2D eigenvalue weighted by Crippen LogP contribution is -2.51. The van der Waals surface area contributed by atoms with Gasteiger partial charge in [0.2, 0.25) is 10.0 Å². The SMILES string of the molecule is Cc1ccc(S(=O)(=O)N=C(CN2CCOCC2)N2CCN(S(=O)(=O)c3ccccc3)C2C(C)C)cc1. The van der Waals surface area contributed by atoms with E-state index in [1.54, 1.807) is 54.6 Å². The third-order valence-electron chi connectivity index (χ3n) is 6.47. The van der Waals surface area contributed by atoms with Gasteiger partial charge < -0.3 is 9.64 Å². The maximum Gasteiger partial charge on any atom is 0.283 e. The van der Waals surface area contributed by atoms with Gasteiger partial charge in [0.1, 0.15) is 5.84 Å². The summed E-state index contributed by atoms with van der Waals surface area (Å²) in [5.41, 5.74) is 0.952. The highest BCUT2D eigenvalue weighted by Crippen LogP contribution is 2.30. The van der Waals surface area contributed by atoms with Crippen molar-refractivity contribution in [1.29, 1.82) is 0 Å². The normalized spacial score (nSPS) is 20.8. The van der Waals surface area contributed by atoms with E-state index in [-0.39, 0.29) is 28.8 Å². The number of ether oxygens (including phenoxy) is 1. The van der Waals surface area contributed by atoms with Crippen molar-refractivity contribution in [3.63, 3.8) is 0 Å². The van der Waals surface area contributed by atoms with Gasteiger partial charge in [0.25, 0.3) is 10.0 Å². The molecule has 2 aromatic rings. The minimum Gasteiger partial charge on any atom is -0.379 e. The summed E-state index contributed by atoms with van der Waals surface area (Å²) in [4.78, 5) is 4.28. The molecule has 1 atom stereocenters. The van der Waals surface area contributed by atoms with Gasteiger partial charge in [-0.2, -0.15) is 12.7 Å². The van der Waals surface area contributed by atoms with E-state index >= 15 is 0 Å². The zero-order chi connectivity index (χ0) is 25.9. The monoisotopic (exact) mass is 534 g/mol. The van der Waals surface area contributed by atoms with Gasteiger partial charge in [-0.25, -0.2) is 8.42 Å². The maximum atomic E-state index is 13.6. The van der Waals surface area contributed by atoms with Crippen LogP contribution in [0.2, 0.25) is 0 Å². The zero-order valence-electron chi connectivity index (χ0n) is 20.9. The average Bonchev–Trinajstić information content (AvgIpc) is 3.32. The first kappa shape index (κ1) is 26.7. The van der Waals surface area contributed by atoms with Crippen LogP contribution in [0.3, 0.4) is 0 Å². The van der Waals surface area contributed by atoms with Crippen LogP contribution < -0.4 is 0 Å². The van der Waals surface area contributed by atoms with Gasteiger partial charge in [0, 0.05) is 26.2 Å². The predicted octanol–water partition coefficient (Wildman–Crippen LogP) is 2.40. The Morgan fingerprint density at radius 3 is 2.17 bits per heavy atom.